The third-order valence-electron chi connectivity index (χ3n) is 4.74. The van der Waals surface area contributed by atoms with Crippen LogP contribution in [-0.2, 0) is 16.0 Å². The molecule has 2 aromatic carbocycles. The highest BCUT2D eigenvalue weighted by atomic mass is 35.5. The number of likely N-dealkylation sites (N-methyl/N-ethyl adjacent to an activating group) is 1. The quantitative estimate of drug-likeness (QED) is 0.827. The molecule has 3 rings (SSSR count). The average Bonchev–Trinajstić information content (AvgIpc) is 2.90. The number of hydrogen-bond acceptors (Lipinski definition) is 3. The van der Waals surface area contributed by atoms with Crippen LogP contribution in [0.25, 0.3) is 0 Å². The third kappa shape index (κ3) is 4.11. The van der Waals surface area contributed by atoms with Gasteiger partial charge in [0.05, 0.1) is 24.1 Å². The largest absolute Gasteiger partial charge is 0.478 e. The molecule has 7 heteroatoms. The highest BCUT2D eigenvalue weighted by Gasteiger charge is 2.39. The molecule has 0 saturated carbocycles. The van der Waals surface area contributed by atoms with Gasteiger partial charge in [0.2, 0.25) is 11.8 Å². The Kier molecular flexibility index (Phi) is 5.46. The fourth-order valence-corrected chi connectivity index (χ4v) is 3.55. The monoisotopic (exact) mass is 386 g/mol. The number of likely N-dealkylation sites (tertiary alicyclic amines) is 1. The van der Waals surface area contributed by atoms with E-state index in [9.17, 15) is 19.5 Å². The minimum atomic E-state index is -1.08. The number of amides is 2. The van der Waals surface area contributed by atoms with E-state index in [0.29, 0.717) is 10.6 Å². The van der Waals surface area contributed by atoms with Crippen molar-refractivity contribution in [1.29, 1.82) is 0 Å². The van der Waals surface area contributed by atoms with Crippen LogP contribution in [0.5, 0.6) is 0 Å². The van der Waals surface area contributed by atoms with E-state index >= 15 is 0 Å². The molecule has 0 aliphatic carbocycles. The summed E-state index contributed by atoms with van der Waals surface area (Å²) in [6.45, 7) is 0. The van der Waals surface area contributed by atoms with Gasteiger partial charge in [-0.05, 0) is 29.3 Å². The number of halogens is 1. The zero-order valence-electron chi connectivity index (χ0n) is 14.7. The number of carboxylic acids is 1. The molecule has 0 bridgehead atoms. The molecule has 0 aromatic heterocycles. The molecule has 0 radical (unpaired) electrons. The van der Waals surface area contributed by atoms with Gasteiger partial charge < -0.3 is 15.3 Å². The van der Waals surface area contributed by atoms with Crippen LogP contribution in [-0.4, -0.2) is 40.9 Å². The van der Waals surface area contributed by atoms with Gasteiger partial charge in [0, 0.05) is 18.5 Å². The summed E-state index contributed by atoms with van der Waals surface area (Å²) in [5.41, 5.74) is 1.41. The maximum absolute atomic E-state index is 12.5. The number of nitrogens with one attached hydrogen (secondary N) is 1. The third-order valence-corrected chi connectivity index (χ3v) is 4.99. The summed E-state index contributed by atoms with van der Waals surface area (Å²) in [6, 6.07) is 12.9. The van der Waals surface area contributed by atoms with Gasteiger partial charge in [-0.3, -0.25) is 9.59 Å². The Morgan fingerprint density at radius 3 is 2.52 bits per heavy atom. The molecule has 2 amide bonds. The Hall–Kier alpha value is -2.86. The normalized spacial score (nSPS) is 19.2. The highest BCUT2D eigenvalue weighted by Crippen LogP contribution is 2.32. The van der Waals surface area contributed by atoms with E-state index in [-0.39, 0.29) is 36.3 Å². The van der Waals surface area contributed by atoms with E-state index in [1.165, 1.54) is 6.07 Å². The van der Waals surface area contributed by atoms with Crippen molar-refractivity contribution in [2.45, 2.75) is 24.9 Å². The van der Waals surface area contributed by atoms with Crippen LogP contribution in [0.15, 0.2) is 48.5 Å². The molecule has 2 N–H and O–H groups in total. The maximum Gasteiger partial charge on any atom is 0.335 e. The van der Waals surface area contributed by atoms with Crippen molar-refractivity contribution < 1.29 is 19.5 Å². The van der Waals surface area contributed by atoms with Crippen LogP contribution in [0.2, 0.25) is 5.02 Å². The Balaban J connectivity index is 1.77. The van der Waals surface area contributed by atoms with Crippen molar-refractivity contribution in [2.75, 3.05) is 7.05 Å². The van der Waals surface area contributed by atoms with Crippen molar-refractivity contribution in [2.24, 2.45) is 0 Å². The second-order valence-corrected chi connectivity index (χ2v) is 6.95. The number of aromatic carboxylic acids is 1. The van der Waals surface area contributed by atoms with Gasteiger partial charge in [0.25, 0.3) is 0 Å². The van der Waals surface area contributed by atoms with Crippen molar-refractivity contribution >= 4 is 29.4 Å². The predicted molar refractivity (Wildman–Crippen MR) is 101 cm³/mol. The molecule has 2 aromatic rings. The second-order valence-electron chi connectivity index (χ2n) is 6.52. The molecule has 1 aliphatic rings. The van der Waals surface area contributed by atoms with E-state index in [1.807, 2.05) is 12.1 Å². The first-order valence-corrected chi connectivity index (χ1v) is 8.86. The second kappa shape index (κ2) is 7.80. The minimum Gasteiger partial charge on any atom is -0.478 e. The van der Waals surface area contributed by atoms with E-state index < -0.39 is 12.0 Å². The van der Waals surface area contributed by atoms with Gasteiger partial charge in [-0.1, -0.05) is 41.9 Å². The lowest BCUT2D eigenvalue weighted by Gasteiger charge is -2.26. The van der Waals surface area contributed by atoms with Gasteiger partial charge in [0.15, 0.2) is 0 Å². The van der Waals surface area contributed by atoms with E-state index in [2.05, 4.69) is 5.32 Å². The summed E-state index contributed by atoms with van der Waals surface area (Å²) in [4.78, 5) is 37.6. The highest BCUT2D eigenvalue weighted by molar-refractivity contribution is 6.30. The van der Waals surface area contributed by atoms with Crippen LogP contribution >= 0.6 is 11.6 Å². The molecule has 27 heavy (non-hydrogen) atoms. The standard InChI is InChI=1S/C20H19ClN2O4/c1-23-18(25)11-16(19(23)12-6-8-14(21)9-7-12)22-17(24)10-13-4-2-3-5-15(13)20(26)27/h2-9,16,19H,10-11H2,1H3,(H,22,24)(H,26,27). The van der Waals surface area contributed by atoms with Crippen molar-refractivity contribution in [3.8, 4) is 0 Å². The van der Waals surface area contributed by atoms with Gasteiger partial charge in [-0.2, -0.15) is 0 Å². The lowest BCUT2D eigenvalue weighted by atomic mass is 9.99. The molecule has 140 valence electrons. The summed E-state index contributed by atoms with van der Waals surface area (Å²) >= 11 is 5.94. The van der Waals surface area contributed by atoms with Crippen LogP contribution in [0.3, 0.4) is 0 Å². The first-order chi connectivity index (χ1) is 12.9. The van der Waals surface area contributed by atoms with Gasteiger partial charge >= 0.3 is 5.97 Å². The topological polar surface area (TPSA) is 86.7 Å². The number of benzene rings is 2. The summed E-state index contributed by atoms with van der Waals surface area (Å²) in [7, 11) is 1.70. The number of carboxylic acid groups (broad SMARTS) is 1. The van der Waals surface area contributed by atoms with E-state index in [4.69, 9.17) is 11.6 Å². The molecule has 1 saturated heterocycles. The summed E-state index contributed by atoms with van der Waals surface area (Å²) in [5.74, 6) is -1.46. The number of nitrogens with zero attached hydrogens (tertiary/aromatic N) is 1. The maximum atomic E-state index is 12.5. The summed E-state index contributed by atoms with van der Waals surface area (Å²) in [5, 5.41) is 12.7. The predicted octanol–water partition coefficient (Wildman–Crippen LogP) is 2.67. The Labute approximate surface area is 161 Å². The smallest absolute Gasteiger partial charge is 0.335 e. The first kappa shape index (κ1) is 18.9. The number of rotatable bonds is 5. The fourth-order valence-electron chi connectivity index (χ4n) is 3.43. The molecule has 1 fully saturated rings. The van der Waals surface area contributed by atoms with Crippen LogP contribution in [0, 0.1) is 0 Å². The van der Waals surface area contributed by atoms with Crippen molar-refractivity contribution in [1.82, 2.24) is 10.2 Å². The molecule has 1 aliphatic heterocycles. The Bertz CT molecular complexity index is 882. The Morgan fingerprint density at radius 2 is 1.85 bits per heavy atom. The molecule has 6 nitrogen and oxygen atoms in total. The number of carbonyl (C=O) groups is 3. The van der Waals surface area contributed by atoms with Gasteiger partial charge in [0.1, 0.15) is 0 Å². The molecular weight excluding hydrogens is 368 g/mol. The molecule has 2 atom stereocenters. The summed E-state index contributed by atoms with van der Waals surface area (Å²) in [6.07, 6.45) is 0.125. The molecule has 0 spiro atoms. The number of hydrogen-bond donors (Lipinski definition) is 2. The molecule has 2 unspecified atom stereocenters. The average molecular weight is 387 g/mol. The van der Waals surface area contributed by atoms with Crippen LogP contribution < -0.4 is 5.32 Å². The molecule has 1 heterocycles. The van der Waals surface area contributed by atoms with Gasteiger partial charge in [-0.25, -0.2) is 4.79 Å². The van der Waals surface area contributed by atoms with E-state index in [0.717, 1.165) is 5.56 Å². The van der Waals surface area contributed by atoms with Crippen LogP contribution in [0.1, 0.15) is 33.9 Å². The Morgan fingerprint density at radius 1 is 1.19 bits per heavy atom. The zero-order chi connectivity index (χ0) is 19.6. The van der Waals surface area contributed by atoms with Crippen molar-refractivity contribution in [3.05, 3.63) is 70.2 Å². The fraction of sp³-hybridized carbons (Fsp3) is 0.250. The molecular formula is C20H19ClN2O4. The van der Waals surface area contributed by atoms with Crippen LogP contribution in [0.4, 0.5) is 0 Å². The summed E-state index contributed by atoms with van der Waals surface area (Å²) < 4.78 is 0. The SMILES string of the molecule is CN1C(=O)CC(NC(=O)Cc2ccccc2C(=O)O)C1c1ccc(Cl)cc1. The van der Waals surface area contributed by atoms with Gasteiger partial charge in [-0.15, -0.1) is 0 Å². The number of carbonyl (C=O) groups excluding carboxylic acids is 2. The van der Waals surface area contributed by atoms with E-state index in [1.54, 1.807) is 42.3 Å². The lowest BCUT2D eigenvalue weighted by Crippen LogP contribution is -2.39. The minimum absolute atomic E-state index is 0.0637. The lowest BCUT2D eigenvalue weighted by molar-refractivity contribution is -0.127. The van der Waals surface area contributed by atoms with Crippen molar-refractivity contribution in [3.63, 3.8) is 0 Å². The zero-order valence-corrected chi connectivity index (χ0v) is 15.4. The first-order valence-electron chi connectivity index (χ1n) is 8.48.